The number of benzene rings is 2. The molecule has 0 saturated heterocycles. The summed E-state index contributed by atoms with van der Waals surface area (Å²) in [6.07, 6.45) is 0. The first kappa shape index (κ1) is 18.5. The molecule has 2 aromatic rings. The zero-order valence-corrected chi connectivity index (χ0v) is 14.9. The van der Waals surface area contributed by atoms with Crippen LogP contribution in [0.25, 0.3) is 0 Å². The van der Waals surface area contributed by atoms with E-state index < -0.39 is 6.04 Å². The molecule has 2 amide bonds. The van der Waals surface area contributed by atoms with E-state index in [2.05, 4.69) is 5.32 Å². The van der Waals surface area contributed by atoms with Gasteiger partial charge in [-0.1, -0.05) is 48.5 Å². The summed E-state index contributed by atoms with van der Waals surface area (Å²) in [4.78, 5) is 26.3. The molecule has 5 nitrogen and oxygen atoms in total. The first-order valence-corrected chi connectivity index (χ1v) is 8.26. The van der Waals surface area contributed by atoms with Gasteiger partial charge in [0.1, 0.15) is 11.8 Å². The standard InChI is InChI=1S/C20H24N2O3/c1-15-9-7-8-12-18(15)25-14-19(23)22(16(2)20(24)21-3)13-17-10-5-4-6-11-17/h4-12,16H,13-14H2,1-3H3,(H,21,24). The molecule has 1 atom stereocenters. The van der Waals surface area contributed by atoms with Crippen LogP contribution in [-0.4, -0.2) is 36.4 Å². The van der Waals surface area contributed by atoms with E-state index in [1.54, 1.807) is 14.0 Å². The van der Waals surface area contributed by atoms with E-state index in [0.29, 0.717) is 12.3 Å². The van der Waals surface area contributed by atoms with Crippen molar-refractivity contribution < 1.29 is 14.3 Å². The number of carbonyl (C=O) groups is 2. The summed E-state index contributed by atoms with van der Waals surface area (Å²) in [5.74, 6) is 0.228. The Morgan fingerprint density at radius 2 is 1.72 bits per heavy atom. The average molecular weight is 340 g/mol. The molecule has 0 aromatic heterocycles. The normalized spacial score (nSPS) is 11.5. The summed E-state index contributed by atoms with van der Waals surface area (Å²) in [5.41, 5.74) is 1.92. The molecule has 0 radical (unpaired) electrons. The molecule has 132 valence electrons. The highest BCUT2D eigenvalue weighted by atomic mass is 16.5. The second-order valence-electron chi connectivity index (χ2n) is 5.85. The van der Waals surface area contributed by atoms with Crippen molar-refractivity contribution in [1.82, 2.24) is 10.2 Å². The predicted octanol–water partition coefficient (Wildman–Crippen LogP) is 2.54. The second-order valence-corrected chi connectivity index (χ2v) is 5.85. The summed E-state index contributed by atoms with van der Waals surface area (Å²) in [6, 6.07) is 16.5. The SMILES string of the molecule is CNC(=O)C(C)N(Cc1ccccc1)C(=O)COc1ccccc1C. The van der Waals surface area contributed by atoms with Crippen molar-refractivity contribution in [2.75, 3.05) is 13.7 Å². The Hall–Kier alpha value is -2.82. The topological polar surface area (TPSA) is 58.6 Å². The van der Waals surface area contributed by atoms with E-state index in [1.165, 1.54) is 4.90 Å². The first-order chi connectivity index (χ1) is 12.0. The summed E-state index contributed by atoms with van der Waals surface area (Å²) in [6.45, 7) is 3.88. The van der Waals surface area contributed by atoms with Crippen LogP contribution in [0.15, 0.2) is 54.6 Å². The number of carbonyl (C=O) groups excluding carboxylic acids is 2. The van der Waals surface area contributed by atoms with Crippen LogP contribution in [-0.2, 0) is 16.1 Å². The molecule has 25 heavy (non-hydrogen) atoms. The molecule has 2 aromatic carbocycles. The molecule has 1 unspecified atom stereocenters. The number of hydrogen-bond donors (Lipinski definition) is 1. The van der Waals surface area contributed by atoms with Gasteiger partial charge in [-0.05, 0) is 31.0 Å². The number of para-hydroxylation sites is 1. The van der Waals surface area contributed by atoms with Gasteiger partial charge in [0.2, 0.25) is 5.91 Å². The number of hydrogen-bond acceptors (Lipinski definition) is 3. The minimum Gasteiger partial charge on any atom is -0.484 e. The second kappa shape index (κ2) is 8.87. The van der Waals surface area contributed by atoms with Gasteiger partial charge >= 0.3 is 0 Å². The van der Waals surface area contributed by atoms with Crippen molar-refractivity contribution in [3.8, 4) is 5.75 Å². The molecule has 0 saturated carbocycles. The van der Waals surface area contributed by atoms with Crippen molar-refractivity contribution in [3.63, 3.8) is 0 Å². The van der Waals surface area contributed by atoms with E-state index in [4.69, 9.17) is 4.74 Å². The van der Waals surface area contributed by atoms with Gasteiger partial charge in [-0.15, -0.1) is 0 Å². The molecule has 0 bridgehead atoms. The van der Waals surface area contributed by atoms with Gasteiger partial charge in [-0.3, -0.25) is 9.59 Å². The lowest BCUT2D eigenvalue weighted by Gasteiger charge is -2.28. The Morgan fingerprint density at radius 1 is 1.08 bits per heavy atom. The van der Waals surface area contributed by atoms with E-state index >= 15 is 0 Å². The van der Waals surface area contributed by atoms with Crippen molar-refractivity contribution >= 4 is 11.8 Å². The molecule has 0 fully saturated rings. The maximum Gasteiger partial charge on any atom is 0.261 e. The highest BCUT2D eigenvalue weighted by Crippen LogP contribution is 2.17. The average Bonchev–Trinajstić information content (AvgIpc) is 2.64. The van der Waals surface area contributed by atoms with Gasteiger partial charge in [-0.2, -0.15) is 0 Å². The molecule has 0 aliphatic rings. The monoisotopic (exact) mass is 340 g/mol. The van der Waals surface area contributed by atoms with Crippen LogP contribution < -0.4 is 10.1 Å². The number of nitrogens with zero attached hydrogens (tertiary/aromatic N) is 1. The van der Waals surface area contributed by atoms with Gasteiger partial charge < -0.3 is 15.0 Å². The fraction of sp³-hybridized carbons (Fsp3) is 0.300. The Bertz CT molecular complexity index is 716. The van der Waals surface area contributed by atoms with Gasteiger partial charge in [0.25, 0.3) is 5.91 Å². The summed E-state index contributed by atoms with van der Waals surface area (Å²) >= 11 is 0. The van der Waals surface area contributed by atoms with Crippen molar-refractivity contribution in [2.24, 2.45) is 0 Å². The highest BCUT2D eigenvalue weighted by molar-refractivity contribution is 5.87. The van der Waals surface area contributed by atoms with Crippen molar-refractivity contribution in [1.29, 1.82) is 0 Å². The van der Waals surface area contributed by atoms with E-state index in [-0.39, 0.29) is 18.4 Å². The number of aryl methyl sites for hydroxylation is 1. The van der Waals surface area contributed by atoms with Crippen molar-refractivity contribution in [2.45, 2.75) is 26.4 Å². The lowest BCUT2D eigenvalue weighted by atomic mass is 10.1. The molecule has 0 aliphatic carbocycles. The molecule has 5 heteroatoms. The third kappa shape index (κ3) is 5.08. The molecule has 0 spiro atoms. The lowest BCUT2D eigenvalue weighted by molar-refractivity contribution is -0.142. The minimum absolute atomic E-state index is 0.112. The largest absolute Gasteiger partial charge is 0.484 e. The number of nitrogens with one attached hydrogen (secondary N) is 1. The first-order valence-electron chi connectivity index (χ1n) is 8.26. The van der Waals surface area contributed by atoms with Crippen molar-refractivity contribution in [3.05, 3.63) is 65.7 Å². The Labute approximate surface area is 148 Å². The molecule has 2 rings (SSSR count). The van der Waals surface area contributed by atoms with Gasteiger partial charge in [0, 0.05) is 13.6 Å². The van der Waals surface area contributed by atoms with Crippen LogP contribution in [0.4, 0.5) is 0 Å². The number of ether oxygens (including phenoxy) is 1. The smallest absolute Gasteiger partial charge is 0.261 e. The summed E-state index contributed by atoms with van der Waals surface area (Å²) < 4.78 is 5.66. The Morgan fingerprint density at radius 3 is 2.36 bits per heavy atom. The molecule has 0 heterocycles. The number of rotatable bonds is 7. The predicted molar refractivity (Wildman–Crippen MR) is 97.2 cm³/mol. The van der Waals surface area contributed by atoms with Crippen LogP contribution in [0.1, 0.15) is 18.1 Å². The molecule has 0 aliphatic heterocycles. The fourth-order valence-electron chi connectivity index (χ4n) is 2.51. The van der Waals surface area contributed by atoms with E-state index in [0.717, 1.165) is 11.1 Å². The Balaban J connectivity index is 2.11. The zero-order chi connectivity index (χ0) is 18.2. The van der Waals surface area contributed by atoms with Gasteiger partial charge in [0.15, 0.2) is 6.61 Å². The van der Waals surface area contributed by atoms with Gasteiger partial charge in [0.05, 0.1) is 0 Å². The number of likely N-dealkylation sites (N-methyl/N-ethyl adjacent to an activating group) is 1. The third-order valence-electron chi connectivity index (χ3n) is 4.05. The van der Waals surface area contributed by atoms with E-state index in [1.807, 2.05) is 61.5 Å². The van der Waals surface area contributed by atoms with Crippen LogP contribution in [0.3, 0.4) is 0 Å². The van der Waals surface area contributed by atoms with Crippen LogP contribution in [0, 0.1) is 6.92 Å². The fourth-order valence-corrected chi connectivity index (χ4v) is 2.51. The quantitative estimate of drug-likeness (QED) is 0.843. The van der Waals surface area contributed by atoms with Crippen LogP contribution in [0.5, 0.6) is 5.75 Å². The summed E-state index contributed by atoms with van der Waals surface area (Å²) in [7, 11) is 1.56. The molecule has 1 N–H and O–H groups in total. The Kier molecular flexibility index (Phi) is 6.57. The minimum atomic E-state index is -0.585. The maximum atomic E-state index is 12.7. The molecular formula is C20H24N2O3. The van der Waals surface area contributed by atoms with Crippen LogP contribution in [0.2, 0.25) is 0 Å². The maximum absolute atomic E-state index is 12.7. The zero-order valence-electron chi connectivity index (χ0n) is 14.9. The summed E-state index contributed by atoms with van der Waals surface area (Å²) in [5, 5.41) is 2.60. The molecular weight excluding hydrogens is 316 g/mol. The lowest BCUT2D eigenvalue weighted by Crippen LogP contribution is -2.48. The number of amides is 2. The van der Waals surface area contributed by atoms with E-state index in [9.17, 15) is 9.59 Å². The van der Waals surface area contributed by atoms with Crippen LogP contribution >= 0.6 is 0 Å². The van der Waals surface area contributed by atoms with Gasteiger partial charge in [-0.25, -0.2) is 0 Å². The highest BCUT2D eigenvalue weighted by Gasteiger charge is 2.25. The third-order valence-corrected chi connectivity index (χ3v) is 4.05.